The first-order chi connectivity index (χ1) is 11.0. The third-order valence-electron chi connectivity index (χ3n) is 3.30. The number of likely N-dealkylation sites (N-methyl/N-ethyl adjacent to an activating group) is 1. The Hall–Kier alpha value is -1.62. The molecule has 0 aromatic heterocycles. The lowest BCUT2D eigenvalue weighted by atomic mass is 10.2. The number of benzene rings is 2. The highest BCUT2D eigenvalue weighted by Crippen LogP contribution is 2.21. The highest BCUT2D eigenvalue weighted by atomic mass is 35.5. The maximum Gasteiger partial charge on any atom is 0.234 e. The lowest BCUT2D eigenvalue weighted by molar-refractivity contribution is -0.122. The average molecular weight is 355 g/mol. The van der Waals surface area contributed by atoms with Crippen molar-refractivity contribution >= 4 is 29.1 Å². The van der Waals surface area contributed by atoms with E-state index in [1.54, 1.807) is 30.3 Å². The second-order valence-corrected chi connectivity index (χ2v) is 6.12. The summed E-state index contributed by atoms with van der Waals surface area (Å²) >= 11 is 12.0. The lowest BCUT2D eigenvalue weighted by Gasteiger charge is -2.17. The van der Waals surface area contributed by atoms with Gasteiger partial charge >= 0.3 is 0 Å². The molecule has 122 valence electrons. The van der Waals surface area contributed by atoms with Crippen LogP contribution in [0, 0.1) is 5.82 Å². The maximum atomic E-state index is 13.5. The third kappa shape index (κ3) is 5.50. The summed E-state index contributed by atoms with van der Waals surface area (Å²) < 4.78 is 13.5. The van der Waals surface area contributed by atoms with E-state index in [-0.39, 0.29) is 24.8 Å². The van der Waals surface area contributed by atoms with Gasteiger partial charge in [0.05, 0.1) is 6.54 Å². The molecule has 1 N–H and O–H groups in total. The van der Waals surface area contributed by atoms with Crippen LogP contribution in [0.25, 0.3) is 0 Å². The summed E-state index contributed by atoms with van der Waals surface area (Å²) in [5.74, 6) is -0.505. The molecule has 2 aromatic carbocycles. The fourth-order valence-electron chi connectivity index (χ4n) is 2.13. The molecule has 0 aliphatic rings. The zero-order valence-corrected chi connectivity index (χ0v) is 14.2. The van der Waals surface area contributed by atoms with Crippen LogP contribution in [0.1, 0.15) is 11.1 Å². The van der Waals surface area contributed by atoms with Crippen molar-refractivity contribution in [2.24, 2.45) is 0 Å². The summed E-state index contributed by atoms with van der Waals surface area (Å²) in [5.41, 5.74) is 1.35. The predicted octanol–water partition coefficient (Wildman–Crippen LogP) is 3.88. The molecular weight excluding hydrogens is 338 g/mol. The highest BCUT2D eigenvalue weighted by Gasteiger charge is 2.10. The molecule has 1 amide bonds. The molecule has 0 unspecified atom stereocenters. The van der Waals surface area contributed by atoms with Gasteiger partial charge in [-0.25, -0.2) is 4.39 Å². The minimum absolute atomic E-state index is 0.168. The number of carbonyl (C=O) groups is 1. The number of hydrogen-bond acceptors (Lipinski definition) is 2. The molecule has 3 nitrogen and oxygen atoms in total. The number of nitrogens with one attached hydrogen (secondary N) is 1. The van der Waals surface area contributed by atoms with E-state index in [4.69, 9.17) is 23.2 Å². The van der Waals surface area contributed by atoms with Crippen LogP contribution in [0.4, 0.5) is 4.39 Å². The van der Waals surface area contributed by atoms with Gasteiger partial charge in [-0.1, -0.05) is 47.5 Å². The Morgan fingerprint density at radius 3 is 2.61 bits per heavy atom. The molecule has 0 spiro atoms. The summed E-state index contributed by atoms with van der Waals surface area (Å²) in [7, 11) is 1.81. The summed E-state index contributed by atoms with van der Waals surface area (Å²) in [6.45, 7) is 0.873. The fraction of sp³-hybridized carbons (Fsp3) is 0.235. The minimum atomic E-state index is -0.325. The van der Waals surface area contributed by atoms with Gasteiger partial charge < -0.3 is 5.32 Å². The SMILES string of the molecule is CN(CC(=O)NCc1ccccc1F)Cc1ccc(Cl)cc1Cl. The molecule has 0 atom stereocenters. The predicted molar refractivity (Wildman–Crippen MR) is 91.0 cm³/mol. The summed E-state index contributed by atoms with van der Waals surface area (Å²) in [6.07, 6.45) is 0. The van der Waals surface area contributed by atoms with E-state index in [9.17, 15) is 9.18 Å². The van der Waals surface area contributed by atoms with Crippen molar-refractivity contribution < 1.29 is 9.18 Å². The molecule has 0 aliphatic heterocycles. The summed E-state index contributed by atoms with van der Waals surface area (Å²) in [6, 6.07) is 11.6. The minimum Gasteiger partial charge on any atom is -0.351 e. The van der Waals surface area contributed by atoms with E-state index in [1.165, 1.54) is 6.07 Å². The molecule has 6 heteroatoms. The molecule has 0 saturated heterocycles. The summed E-state index contributed by atoms with van der Waals surface area (Å²) in [4.78, 5) is 13.8. The van der Waals surface area contributed by atoms with Crippen LogP contribution in [-0.2, 0) is 17.9 Å². The van der Waals surface area contributed by atoms with E-state index in [0.717, 1.165) is 5.56 Å². The van der Waals surface area contributed by atoms with Crippen LogP contribution >= 0.6 is 23.2 Å². The molecular formula is C17H17Cl2FN2O. The first kappa shape index (κ1) is 17.7. The van der Waals surface area contributed by atoms with Gasteiger partial charge in [0.25, 0.3) is 0 Å². The van der Waals surface area contributed by atoms with Gasteiger partial charge in [-0.3, -0.25) is 9.69 Å². The first-order valence-electron chi connectivity index (χ1n) is 7.08. The first-order valence-corrected chi connectivity index (χ1v) is 7.84. The van der Waals surface area contributed by atoms with E-state index in [2.05, 4.69) is 5.32 Å². The maximum absolute atomic E-state index is 13.5. The Kier molecular flexibility index (Phi) is 6.39. The molecule has 0 heterocycles. The van der Waals surface area contributed by atoms with Crippen LogP contribution in [0.2, 0.25) is 10.0 Å². The zero-order chi connectivity index (χ0) is 16.8. The number of halogens is 3. The number of amides is 1. The van der Waals surface area contributed by atoms with E-state index < -0.39 is 0 Å². The molecule has 2 rings (SSSR count). The Labute approximate surface area is 145 Å². The Morgan fingerprint density at radius 2 is 1.91 bits per heavy atom. The highest BCUT2D eigenvalue weighted by molar-refractivity contribution is 6.35. The third-order valence-corrected chi connectivity index (χ3v) is 3.89. The molecule has 23 heavy (non-hydrogen) atoms. The van der Waals surface area contributed by atoms with Crippen molar-refractivity contribution in [1.29, 1.82) is 0 Å². The molecule has 0 saturated carbocycles. The molecule has 0 aliphatic carbocycles. The van der Waals surface area contributed by atoms with Gasteiger partial charge in [-0.15, -0.1) is 0 Å². The zero-order valence-electron chi connectivity index (χ0n) is 12.7. The number of nitrogens with zero attached hydrogens (tertiary/aromatic N) is 1. The number of hydrogen-bond donors (Lipinski definition) is 1. The number of carbonyl (C=O) groups excluding carboxylic acids is 1. The van der Waals surface area contributed by atoms with Crippen molar-refractivity contribution in [3.8, 4) is 0 Å². The Balaban J connectivity index is 1.84. The van der Waals surface area contributed by atoms with Crippen molar-refractivity contribution in [3.63, 3.8) is 0 Å². The van der Waals surface area contributed by atoms with Crippen molar-refractivity contribution in [3.05, 3.63) is 69.5 Å². The van der Waals surface area contributed by atoms with Crippen LogP contribution in [0.5, 0.6) is 0 Å². The van der Waals surface area contributed by atoms with Gasteiger partial charge in [0.1, 0.15) is 5.82 Å². The van der Waals surface area contributed by atoms with Gasteiger partial charge in [0.15, 0.2) is 0 Å². The fourth-order valence-corrected chi connectivity index (χ4v) is 2.60. The van der Waals surface area contributed by atoms with Crippen LogP contribution in [-0.4, -0.2) is 24.4 Å². The van der Waals surface area contributed by atoms with Gasteiger partial charge in [0.2, 0.25) is 5.91 Å². The number of rotatable bonds is 6. The molecule has 0 radical (unpaired) electrons. The second-order valence-electron chi connectivity index (χ2n) is 5.28. The van der Waals surface area contributed by atoms with E-state index in [0.29, 0.717) is 22.2 Å². The summed E-state index contributed by atoms with van der Waals surface area (Å²) in [5, 5.41) is 3.84. The van der Waals surface area contributed by atoms with Gasteiger partial charge in [0, 0.05) is 28.7 Å². The Morgan fingerprint density at radius 1 is 1.17 bits per heavy atom. The standard InChI is InChI=1S/C17H17Cl2FN2O/c1-22(10-13-6-7-14(18)8-15(13)19)11-17(23)21-9-12-4-2-3-5-16(12)20/h2-8H,9-11H2,1H3,(H,21,23). The largest absolute Gasteiger partial charge is 0.351 e. The van der Waals surface area contributed by atoms with E-state index >= 15 is 0 Å². The smallest absolute Gasteiger partial charge is 0.234 e. The van der Waals surface area contributed by atoms with Gasteiger partial charge in [-0.05, 0) is 30.8 Å². The van der Waals surface area contributed by atoms with Crippen LogP contribution in [0.3, 0.4) is 0 Å². The quantitative estimate of drug-likeness (QED) is 0.853. The molecule has 2 aromatic rings. The lowest BCUT2D eigenvalue weighted by Crippen LogP contribution is -2.34. The van der Waals surface area contributed by atoms with E-state index in [1.807, 2.05) is 18.0 Å². The Bertz CT molecular complexity index is 694. The normalized spacial score (nSPS) is 10.8. The monoisotopic (exact) mass is 354 g/mol. The van der Waals surface area contributed by atoms with Crippen molar-refractivity contribution in [1.82, 2.24) is 10.2 Å². The molecule has 0 bridgehead atoms. The molecule has 0 fully saturated rings. The van der Waals surface area contributed by atoms with Crippen molar-refractivity contribution in [2.75, 3.05) is 13.6 Å². The van der Waals surface area contributed by atoms with Gasteiger partial charge in [-0.2, -0.15) is 0 Å². The second kappa shape index (κ2) is 8.29. The van der Waals surface area contributed by atoms with Crippen LogP contribution in [0.15, 0.2) is 42.5 Å². The van der Waals surface area contributed by atoms with Crippen molar-refractivity contribution in [2.45, 2.75) is 13.1 Å². The average Bonchev–Trinajstić information content (AvgIpc) is 2.49. The topological polar surface area (TPSA) is 32.3 Å². The van der Waals surface area contributed by atoms with Crippen LogP contribution < -0.4 is 5.32 Å².